The van der Waals surface area contributed by atoms with Gasteiger partial charge in [0.25, 0.3) is 17.0 Å². The first kappa shape index (κ1) is 19.6. The summed E-state index contributed by atoms with van der Waals surface area (Å²) >= 11 is 1.03. The first-order valence-electron chi connectivity index (χ1n) is 8.46. The molecule has 0 unspecified atom stereocenters. The molecule has 0 bridgehead atoms. The predicted molar refractivity (Wildman–Crippen MR) is 103 cm³/mol. The quantitative estimate of drug-likeness (QED) is 0.591. The van der Waals surface area contributed by atoms with Crippen LogP contribution in [0.15, 0.2) is 58.2 Å². The Morgan fingerprint density at radius 3 is 2.75 bits per heavy atom. The number of carbonyl (C=O) groups is 2. The number of nitrogens with one attached hydrogen (secondary N) is 2. The summed E-state index contributed by atoms with van der Waals surface area (Å²) in [5.41, 5.74) is 1.17. The predicted octanol–water partition coefficient (Wildman–Crippen LogP) is 3.36. The number of anilines is 1. The smallest absolute Gasteiger partial charge is 0.277 e. The third kappa shape index (κ3) is 4.95. The Balaban J connectivity index is 1.57. The van der Waals surface area contributed by atoms with Gasteiger partial charge in [-0.1, -0.05) is 30.0 Å². The van der Waals surface area contributed by atoms with E-state index < -0.39 is 5.82 Å². The number of nitrogens with zero attached hydrogens (tertiary/aromatic N) is 2. The van der Waals surface area contributed by atoms with Crippen LogP contribution in [0.4, 0.5) is 10.1 Å². The maximum absolute atomic E-state index is 13.8. The summed E-state index contributed by atoms with van der Waals surface area (Å²) in [4.78, 5) is 24.0. The lowest BCUT2D eigenvalue weighted by molar-refractivity contribution is -0.113. The molecule has 2 amide bonds. The van der Waals surface area contributed by atoms with Crippen LogP contribution in [-0.4, -0.2) is 34.3 Å². The number of thioether (sulfide) groups is 1. The second-order valence-electron chi connectivity index (χ2n) is 5.63. The molecule has 7 nitrogen and oxygen atoms in total. The highest BCUT2D eigenvalue weighted by Crippen LogP contribution is 2.25. The molecule has 0 aliphatic rings. The third-order valence-electron chi connectivity index (χ3n) is 3.58. The number of aromatic nitrogens is 2. The van der Waals surface area contributed by atoms with Crippen molar-refractivity contribution in [3.8, 4) is 11.5 Å². The van der Waals surface area contributed by atoms with Gasteiger partial charge < -0.3 is 15.1 Å². The standard InChI is InChI=1S/C19H17FN4O3S/c1-2-21-17(26)12-6-5-7-13(10-12)22-16(25)11-28-19-24-23-18(27-19)14-8-3-4-9-15(14)20/h3-10H,2,11H2,1H3,(H,21,26)(H,22,25). The molecule has 0 aliphatic heterocycles. The van der Waals surface area contributed by atoms with Gasteiger partial charge in [-0.2, -0.15) is 0 Å². The molecule has 144 valence electrons. The van der Waals surface area contributed by atoms with Crippen LogP contribution in [-0.2, 0) is 4.79 Å². The zero-order chi connectivity index (χ0) is 19.9. The highest BCUT2D eigenvalue weighted by Gasteiger charge is 2.14. The molecular formula is C19H17FN4O3S. The number of amides is 2. The molecule has 0 fully saturated rings. The summed E-state index contributed by atoms with van der Waals surface area (Å²) in [7, 11) is 0. The molecule has 2 N–H and O–H groups in total. The molecule has 0 radical (unpaired) electrons. The topological polar surface area (TPSA) is 97.1 Å². The summed E-state index contributed by atoms with van der Waals surface area (Å²) in [6.07, 6.45) is 0. The Kier molecular flexibility index (Phi) is 6.38. The van der Waals surface area contributed by atoms with Crippen LogP contribution in [0.5, 0.6) is 0 Å². The van der Waals surface area contributed by atoms with E-state index >= 15 is 0 Å². The van der Waals surface area contributed by atoms with Crippen molar-refractivity contribution >= 4 is 29.3 Å². The third-order valence-corrected chi connectivity index (χ3v) is 4.40. The van der Waals surface area contributed by atoms with Gasteiger partial charge in [-0.3, -0.25) is 9.59 Å². The van der Waals surface area contributed by atoms with Gasteiger partial charge in [0.15, 0.2) is 0 Å². The highest BCUT2D eigenvalue weighted by molar-refractivity contribution is 7.99. The lowest BCUT2D eigenvalue weighted by Gasteiger charge is -2.07. The Bertz CT molecular complexity index is 993. The number of halogens is 1. The van der Waals surface area contributed by atoms with Crippen molar-refractivity contribution in [1.82, 2.24) is 15.5 Å². The van der Waals surface area contributed by atoms with Crippen molar-refractivity contribution in [2.45, 2.75) is 12.1 Å². The zero-order valence-corrected chi connectivity index (χ0v) is 15.8. The van der Waals surface area contributed by atoms with E-state index in [9.17, 15) is 14.0 Å². The fraction of sp³-hybridized carbons (Fsp3) is 0.158. The monoisotopic (exact) mass is 400 g/mol. The molecule has 1 aromatic heterocycles. The minimum absolute atomic E-state index is 0.0181. The van der Waals surface area contributed by atoms with Gasteiger partial charge in [0.1, 0.15) is 5.82 Å². The van der Waals surface area contributed by atoms with E-state index in [1.165, 1.54) is 12.1 Å². The minimum atomic E-state index is -0.465. The summed E-state index contributed by atoms with van der Waals surface area (Å²) in [5, 5.41) is 13.2. The van der Waals surface area contributed by atoms with E-state index in [0.717, 1.165) is 11.8 Å². The van der Waals surface area contributed by atoms with E-state index in [1.807, 2.05) is 6.92 Å². The minimum Gasteiger partial charge on any atom is -0.411 e. The molecule has 0 spiro atoms. The van der Waals surface area contributed by atoms with Crippen LogP contribution in [0.3, 0.4) is 0 Å². The molecular weight excluding hydrogens is 383 g/mol. The molecule has 0 atom stereocenters. The van der Waals surface area contributed by atoms with Crippen LogP contribution in [0.2, 0.25) is 0 Å². The molecule has 3 aromatic rings. The summed E-state index contributed by atoms with van der Waals surface area (Å²) in [6.45, 7) is 2.35. The number of benzene rings is 2. The Hall–Kier alpha value is -3.20. The highest BCUT2D eigenvalue weighted by atomic mass is 32.2. The maximum atomic E-state index is 13.8. The fourth-order valence-corrected chi connectivity index (χ4v) is 2.90. The number of hydrogen-bond acceptors (Lipinski definition) is 6. The molecule has 1 heterocycles. The Labute approximate surface area is 164 Å². The van der Waals surface area contributed by atoms with Crippen molar-refractivity contribution in [2.75, 3.05) is 17.6 Å². The Morgan fingerprint density at radius 2 is 1.96 bits per heavy atom. The van der Waals surface area contributed by atoms with Crippen molar-refractivity contribution in [3.63, 3.8) is 0 Å². The molecule has 0 saturated heterocycles. The van der Waals surface area contributed by atoms with E-state index in [0.29, 0.717) is 17.8 Å². The maximum Gasteiger partial charge on any atom is 0.277 e. The van der Waals surface area contributed by atoms with Gasteiger partial charge in [0.05, 0.1) is 11.3 Å². The number of rotatable bonds is 7. The summed E-state index contributed by atoms with van der Waals surface area (Å²) in [6, 6.07) is 12.7. The van der Waals surface area contributed by atoms with Crippen LogP contribution in [0.25, 0.3) is 11.5 Å². The molecule has 0 saturated carbocycles. The van der Waals surface area contributed by atoms with Crippen LogP contribution in [0, 0.1) is 5.82 Å². The second-order valence-corrected chi connectivity index (χ2v) is 6.56. The van der Waals surface area contributed by atoms with E-state index in [1.54, 1.807) is 36.4 Å². The molecule has 28 heavy (non-hydrogen) atoms. The van der Waals surface area contributed by atoms with Crippen LogP contribution < -0.4 is 10.6 Å². The average Bonchev–Trinajstić information content (AvgIpc) is 3.16. The second kappa shape index (κ2) is 9.14. The normalized spacial score (nSPS) is 10.5. The average molecular weight is 400 g/mol. The largest absolute Gasteiger partial charge is 0.411 e. The number of hydrogen-bond donors (Lipinski definition) is 2. The fourth-order valence-electron chi connectivity index (χ4n) is 2.34. The molecule has 3 rings (SSSR count). The van der Waals surface area contributed by atoms with Crippen molar-refractivity contribution in [1.29, 1.82) is 0 Å². The lowest BCUT2D eigenvalue weighted by atomic mass is 10.2. The summed E-state index contributed by atoms with van der Waals surface area (Å²) in [5.74, 6) is -0.907. The van der Waals surface area contributed by atoms with Crippen molar-refractivity contribution in [3.05, 3.63) is 59.9 Å². The van der Waals surface area contributed by atoms with Crippen molar-refractivity contribution < 1.29 is 18.4 Å². The lowest BCUT2D eigenvalue weighted by Crippen LogP contribution is -2.23. The van der Waals surface area contributed by atoms with Gasteiger partial charge in [0.2, 0.25) is 5.91 Å². The first-order valence-corrected chi connectivity index (χ1v) is 9.44. The Morgan fingerprint density at radius 1 is 1.14 bits per heavy atom. The summed E-state index contributed by atoms with van der Waals surface area (Å²) < 4.78 is 19.1. The van der Waals surface area contributed by atoms with Gasteiger partial charge in [-0.15, -0.1) is 10.2 Å². The van der Waals surface area contributed by atoms with Gasteiger partial charge in [-0.25, -0.2) is 4.39 Å². The van der Waals surface area contributed by atoms with Gasteiger partial charge in [0, 0.05) is 17.8 Å². The van der Waals surface area contributed by atoms with E-state index in [-0.39, 0.29) is 34.2 Å². The van der Waals surface area contributed by atoms with Crippen molar-refractivity contribution in [2.24, 2.45) is 0 Å². The van der Waals surface area contributed by atoms with E-state index in [4.69, 9.17) is 4.42 Å². The molecule has 2 aromatic carbocycles. The van der Waals surface area contributed by atoms with Crippen LogP contribution in [0.1, 0.15) is 17.3 Å². The molecule has 0 aliphatic carbocycles. The zero-order valence-electron chi connectivity index (χ0n) is 14.9. The van der Waals surface area contributed by atoms with Gasteiger partial charge in [-0.05, 0) is 37.3 Å². The number of carbonyl (C=O) groups excluding carboxylic acids is 2. The first-order chi connectivity index (χ1) is 13.6. The van der Waals surface area contributed by atoms with E-state index in [2.05, 4.69) is 20.8 Å². The van der Waals surface area contributed by atoms with Gasteiger partial charge >= 0.3 is 0 Å². The van der Waals surface area contributed by atoms with Crippen LogP contribution >= 0.6 is 11.8 Å². The SMILES string of the molecule is CCNC(=O)c1cccc(NC(=O)CSc2nnc(-c3ccccc3F)o2)c1. The molecule has 9 heteroatoms.